The Morgan fingerprint density at radius 1 is 1.09 bits per heavy atom. The van der Waals surface area contributed by atoms with E-state index in [2.05, 4.69) is 23.3 Å². The number of hydrogen-bond acceptors (Lipinski definition) is 18. The van der Waals surface area contributed by atoms with E-state index in [9.17, 15) is 59.5 Å². The van der Waals surface area contributed by atoms with Crippen molar-refractivity contribution >= 4 is 21.5 Å². The first-order valence-electron chi connectivity index (χ1n) is 11.8. The van der Waals surface area contributed by atoms with E-state index in [1.54, 1.807) is 0 Å². The van der Waals surface area contributed by atoms with Crippen LogP contribution in [0.25, 0.3) is 0 Å². The first-order chi connectivity index (χ1) is 19.5. The van der Waals surface area contributed by atoms with E-state index < -0.39 is 108 Å². The Morgan fingerprint density at radius 2 is 1.68 bits per heavy atom. The number of phosphoric ester groups is 2. The van der Waals surface area contributed by atoms with Gasteiger partial charge in [0.2, 0.25) is 5.79 Å². The molecule has 3 heterocycles. The van der Waals surface area contributed by atoms with Crippen LogP contribution in [-0.2, 0) is 36.7 Å². The van der Waals surface area contributed by atoms with Gasteiger partial charge in [-0.25, -0.2) is 18.9 Å². The number of phosphoric acid groups is 2. The van der Waals surface area contributed by atoms with Crippen LogP contribution in [0.5, 0.6) is 5.88 Å². The summed E-state index contributed by atoms with van der Waals surface area (Å²) in [4.78, 5) is 38.6. The van der Waals surface area contributed by atoms with Gasteiger partial charge in [0, 0.05) is 13.3 Å². The zero-order valence-electron chi connectivity index (χ0n) is 23.8. The zero-order chi connectivity index (χ0) is 31.6. The molecule has 0 spiro atoms. The van der Waals surface area contributed by atoms with E-state index >= 15 is 0 Å². The van der Waals surface area contributed by atoms with Crippen LogP contribution in [0.3, 0.4) is 0 Å². The van der Waals surface area contributed by atoms with Crippen LogP contribution in [0.15, 0.2) is 22.1 Å². The van der Waals surface area contributed by atoms with Gasteiger partial charge in [0.1, 0.15) is 49.3 Å². The number of aliphatic hydroxyl groups excluding tert-OH is 5. The molecule has 0 aliphatic carbocycles. The molecule has 1 aromatic rings. The fraction of sp³-hybridized carbons (Fsp3) is 0.737. The maximum Gasteiger partial charge on any atom is 1.00 e. The van der Waals surface area contributed by atoms with Gasteiger partial charge in [0.05, 0.1) is 13.2 Å². The average molecular weight is 695 g/mol. The van der Waals surface area contributed by atoms with Gasteiger partial charge in [-0.15, -0.1) is 0 Å². The molecule has 7 N–H and O–H groups in total. The first kappa shape index (κ1) is 42.1. The molecule has 0 saturated carbocycles. The van der Waals surface area contributed by atoms with E-state index in [1.165, 1.54) is 0 Å². The van der Waals surface area contributed by atoms with E-state index in [0.29, 0.717) is 4.57 Å². The van der Waals surface area contributed by atoms with Gasteiger partial charge in [0.15, 0.2) is 6.23 Å². The molecule has 11 atom stereocenters. The minimum absolute atomic E-state index is 0. The molecule has 1 aromatic heterocycles. The topological polar surface area (TPSA) is 324 Å². The molecule has 25 heteroatoms. The van der Waals surface area contributed by atoms with Crippen molar-refractivity contribution in [2.75, 3.05) is 26.9 Å². The molecule has 2 unspecified atom stereocenters. The molecular weight excluding hydrogens is 666 g/mol. The first-order valence-corrected chi connectivity index (χ1v) is 14.8. The van der Waals surface area contributed by atoms with Crippen molar-refractivity contribution in [3.05, 3.63) is 22.7 Å². The number of methoxy groups -OCH3 is 1. The normalized spacial score (nSPS) is 35.2. The largest absolute Gasteiger partial charge is 1.00 e. The van der Waals surface area contributed by atoms with Gasteiger partial charge in [-0.2, -0.15) is 4.31 Å². The Morgan fingerprint density at radius 3 is 2.23 bits per heavy atom. The van der Waals surface area contributed by atoms with Crippen LogP contribution in [0.4, 0.5) is 0 Å². The van der Waals surface area contributed by atoms with Crippen molar-refractivity contribution in [3.63, 3.8) is 0 Å². The van der Waals surface area contributed by atoms with Gasteiger partial charge in [-0.1, -0.05) is 0 Å². The van der Waals surface area contributed by atoms with Crippen molar-refractivity contribution in [3.8, 4) is 5.88 Å². The van der Waals surface area contributed by atoms with Gasteiger partial charge in [0.25, 0.3) is 0 Å². The van der Waals surface area contributed by atoms with Crippen LogP contribution >= 0.6 is 15.6 Å². The summed E-state index contributed by atoms with van der Waals surface area (Å²) >= 11 is 0. The smallest absolute Gasteiger partial charge is 0.862 e. The summed E-state index contributed by atoms with van der Waals surface area (Å²) in [5.41, 5.74) is -1.13. The van der Waals surface area contributed by atoms with Crippen molar-refractivity contribution in [1.29, 1.82) is 0 Å². The number of hydrogen-bond donors (Lipinski definition) is 7. The predicted octanol–water partition coefficient (Wildman–Crippen LogP) is -11.2. The molecule has 21 nitrogen and oxygen atoms in total. The number of aromatic nitrogens is 2. The predicted molar refractivity (Wildman–Crippen MR) is 127 cm³/mol. The molecule has 2 aliphatic rings. The maximum atomic E-state index is 12.5. The van der Waals surface area contributed by atoms with Crippen LogP contribution in [0.1, 0.15) is 13.2 Å². The summed E-state index contributed by atoms with van der Waals surface area (Å²) in [5, 5.41) is 73.2. The summed E-state index contributed by atoms with van der Waals surface area (Å²) in [7, 11) is -10.2. The minimum atomic E-state index is -5.59. The Balaban J connectivity index is 0.00000484. The van der Waals surface area contributed by atoms with E-state index in [1.807, 2.05) is 0 Å². The van der Waals surface area contributed by atoms with Gasteiger partial charge in [-0.3, -0.25) is 18.6 Å². The number of nitrogens with zero attached hydrogens (tertiary/aromatic N) is 3. The Hall–Kier alpha value is 0.0900. The minimum Gasteiger partial charge on any atom is -0.862 e. The van der Waals surface area contributed by atoms with Crippen molar-refractivity contribution in [1.82, 2.24) is 9.55 Å². The van der Waals surface area contributed by atoms with Crippen LogP contribution in [0.2, 0.25) is 0 Å². The number of ether oxygens (including phenoxy) is 3. The number of aliphatic hydroxyl groups is 5. The standard InChI is InChI=1S/C19H31N3O18P2.2Na/c1-8(24)20-16-14(28)12(26)9(5-23)39-19(16,35-2)7-37-42(33,34)40-41(31,32)36-6-10-13(27)15(29)17(38-10)22-4-3-11(25)21-18(22)30;;/h3-4,9-10,12-17,23,26-29H,5-7H2,1-2H3,(H,20,24)(H,31,32)(H,33,34)(H,21,25,30);;/q;2*+1/p-2/t9-,10-,12-,13-,14+,15-,16-,17-,19+;;/m1../s1. The summed E-state index contributed by atoms with van der Waals surface area (Å²) in [6.07, 6.45) is -11.1. The molecule has 0 aromatic carbocycles. The Bertz CT molecular complexity index is 1290. The molecule has 0 bridgehead atoms. The van der Waals surface area contributed by atoms with Crippen molar-refractivity contribution in [2.45, 2.75) is 61.6 Å². The van der Waals surface area contributed by atoms with Gasteiger partial charge in [-0.05, 0) is 24.8 Å². The Kier molecular flexibility index (Phi) is 16.2. The number of aliphatic imine (C=N–C) groups is 1. The molecule has 2 aliphatic heterocycles. The fourth-order valence-corrected chi connectivity index (χ4v) is 6.23. The third-order valence-electron chi connectivity index (χ3n) is 6.16. The monoisotopic (exact) mass is 695 g/mol. The summed E-state index contributed by atoms with van der Waals surface area (Å²) in [6, 6.07) is -0.903. The van der Waals surface area contributed by atoms with E-state index in [0.717, 1.165) is 26.3 Å². The molecular formula is C19H29N3Na2O18P2. The second kappa shape index (κ2) is 17.0. The molecule has 0 radical (unpaired) electrons. The van der Waals surface area contributed by atoms with Crippen LogP contribution < -0.4 is 75.0 Å². The molecule has 2 fully saturated rings. The SMILES string of the molecule is CO[C@@]1(COP(=O)(O)OP(=O)(O)OC[C@H]2O[C@@H](n3ccc([O-])nc3=O)[C@H](O)[C@@H]2O)O[C@H](CO)[C@@H](O)[C@H](O)[C@H]1N=C(C)[O-].[Na+].[Na+]. The Labute approximate surface area is 292 Å². The summed E-state index contributed by atoms with van der Waals surface area (Å²) in [5.74, 6) is -4.16. The van der Waals surface area contributed by atoms with Gasteiger partial charge < -0.3 is 59.7 Å². The quantitative estimate of drug-likeness (QED) is 0.0462. The second-order valence-electron chi connectivity index (χ2n) is 9.02. The van der Waals surface area contributed by atoms with Gasteiger partial charge >= 0.3 is 80.4 Å². The third-order valence-corrected chi connectivity index (χ3v) is 8.74. The van der Waals surface area contributed by atoms with Crippen LogP contribution in [0, 0.1) is 0 Å². The molecule has 240 valence electrons. The zero-order valence-corrected chi connectivity index (χ0v) is 29.5. The summed E-state index contributed by atoms with van der Waals surface area (Å²) < 4.78 is 54.8. The maximum absolute atomic E-state index is 12.5. The molecule has 44 heavy (non-hydrogen) atoms. The summed E-state index contributed by atoms with van der Waals surface area (Å²) in [6.45, 7) is -2.18. The van der Waals surface area contributed by atoms with Crippen molar-refractivity contribution < 1.29 is 141 Å². The van der Waals surface area contributed by atoms with E-state index in [-0.39, 0.29) is 59.1 Å². The van der Waals surface area contributed by atoms with E-state index in [4.69, 9.17) is 14.2 Å². The molecule has 3 rings (SSSR count). The second-order valence-corrected chi connectivity index (χ2v) is 12.1. The van der Waals surface area contributed by atoms with Crippen molar-refractivity contribution in [2.24, 2.45) is 4.99 Å². The molecule has 2 saturated heterocycles. The molecule has 0 amide bonds. The fourth-order valence-electron chi connectivity index (χ4n) is 4.13. The average Bonchev–Trinajstić information content (AvgIpc) is 3.18. The third kappa shape index (κ3) is 10.0. The van der Waals surface area contributed by atoms with Crippen LogP contribution in [-0.4, -0.2) is 126 Å². The number of rotatable bonds is 12.